The Balaban J connectivity index is 2.34. The van der Waals surface area contributed by atoms with Gasteiger partial charge in [-0.2, -0.15) is 0 Å². The maximum Gasteiger partial charge on any atom is 0.252 e. The molecule has 0 saturated carbocycles. The summed E-state index contributed by atoms with van der Waals surface area (Å²) in [6, 6.07) is 8.01. The van der Waals surface area contributed by atoms with Crippen molar-refractivity contribution in [2.45, 2.75) is 25.3 Å². The van der Waals surface area contributed by atoms with Crippen LogP contribution in [0.2, 0.25) is 0 Å². The quantitative estimate of drug-likeness (QED) is 0.737. The highest BCUT2D eigenvalue weighted by molar-refractivity contribution is 6.67. The molecule has 1 heterocycles. The van der Waals surface area contributed by atoms with Crippen molar-refractivity contribution in [2.24, 2.45) is 0 Å². The Kier molecular flexibility index (Phi) is 3.62. The van der Waals surface area contributed by atoms with Crippen molar-refractivity contribution in [1.29, 1.82) is 0 Å². The summed E-state index contributed by atoms with van der Waals surface area (Å²) >= 11 is 5.62. The lowest BCUT2D eigenvalue weighted by molar-refractivity contribution is 0.107. The minimum atomic E-state index is -0.352. The Morgan fingerprint density at radius 3 is 2.81 bits per heavy atom. The Morgan fingerprint density at radius 2 is 2.12 bits per heavy atom. The maximum atomic E-state index is 11.4. The van der Waals surface area contributed by atoms with Gasteiger partial charge < -0.3 is 0 Å². The molecule has 0 aliphatic carbocycles. The van der Waals surface area contributed by atoms with E-state index in [4.69, 9.17) is 11.6 Å². The summed E-state index contributed by atoms with van der Waals surface area (Å²) < 4.78 is 0. The Bertz CT molecular complexity index is 391. The number of rotatable bonds is 2. The number of nitrogens with zero attached hydrogens (tertiary/aromatic N) is 1. The van der Waals surface area contributed by atoms with E-state index in [2.05, 4.69) is 11.9 Å². The molecular formula is C13H16ClNO. The predicted octanol–water partition coefficient (Wildman–Crippen LogP) is 3.22. The van der Waals surface area contributed by atoms with E-state index < -0.39 is 0 Å². The van der Waals surface area contributed by atoms with Crippen molar-refractivity contribution >= 4 is 16.8 Å². The number of benzene rings is 1. The molecule has 1 aromatic rings. The lowest BCUT2D eigenvalue weighted by Crippen LogP contribution is -2.30. The first-order valence-electron chi connectivity index (χ1n) is 5.69. The number of likely N-dealkylation sites (tertiary alicyclic amines) is 1. The molecule has 0 spiro atoms. The summed E-state index contributed by atoms with van der Waals surface area (Å²) in [6.07, 6.45) is 3.57. The number of carbonyl (C=O) groups excluding carboxylic acids is 1. The van der Waals surface area contributed by atoms with Gasteiger partial charge in [0.05, 0.1) is 0 Å². The minimum Gasteiger partial charge on any atom is -0.299 e. The van der Waals surface area contributed by atoms with Crippen LogP contribution < -0.4 is 0 Å². The highest BCUT2D eigenvalue weighted by Crippen LogP contribution is 2.31. The molecule has 1 atom stereocenters. The highest BCUT2D eigenvalue weighted by atomic mass is 35.5. The second-order valence-corrected chi connectivity index (χ2v) is 4.70. The van der Waals surface area contributed by atoms with Gasteiger partial charge in [-0.1, -0.05) is 24.6 Å². The third-order valence-corrected chi connectivity index (χ3v) is 3.51. The number of hydrogen-bond donors (Lipinski definition) is 0. The molecule has 1 unspecified atom stereocenters. The summed E-state index contributed by atoms with van der Waals surface area (Å²) in [5.74, 6) is 0. The van der Waals surface area contributed by atoms with Gasteiger partial charge in [0.25, 0.3) is 5.24 Å². The molecular weight excluding hydrogens is 222 g/mol. The molecule has 0 bridgehead atoms. The van der Waals surface area contributed by atoms with Gasteiger partial charge in [-0.25, -0.2) is 0 Å². The van der Waals surface area contributed by atoms with E-state index in [1.54, 1.807) is 0 Å². The van der Waals surface area contributed by atoms with Gasteiger partial charge in [-0.3, -0.25) is 9.69 Å². The standard InChI is InChI=1S/C13H16ClNO/c1-15-9-5-4-8-12(15)10-6-2-3-7-11(10)13(14)16/h2-3,6-7,12H,4-5,8-9H2,1H3. The molecule has 2 nitrogen and oxygen atoms in total. The van der Waals surface area contributed by atoms with Gasteiger partial charge in [0, 0.05) is 11.6 Å². The van der Waals surface area contributed by atoms with Crippen molar-refractivity contribution in [2.75, 3.05) is 13.6 Å². The Labute approximate surface area is 101 Å². The minimum absolute atomic E-state index is 0.340. The number of piperidine rings is 1. The first-order valence-corrected chi connectivity index (χ1v) is 6.07. The van der Waals surface area contributed by atoms with Gasteiger partial charge in [-0.15, -0.1) is 0 Å². The topological polar surface area (TPSA) is 20.3 Å². The van der Waals surface area contributed by atoms with Gasteiger partial charge in [0.1, 0.15) is 0 Å². The number of carbonyl (C=O) groups is 1. The molecule has 1 aromatic carbocycles. The van der Waals surface area contributed by atoms with Crippen LogP contribution in [0.3, 0.4) is 0 Å². The average Bonchev–Trinajstić information content (AvgIpc) is 2.29. The summed E-state index contributed by atoms with van der Waals surface area (Å²) in [4.78, 5) is 13.7. The van der Waals surface area contributed by atoms with Crippen LogP contribution in [0, 0.1) is 0 Å². The van der Waals surface area contributed by atoms with Gasteiger partial charge in [-0.05, 0) is 49.7 Å². The van der Waals surface area contributed by atoms with E-state index in [1.165, 1.54) is 12.8 Å². The fourth-order valence-electron chi connectivity index (χ4n) is 2.43. The largest absolute Gasteiger partial charge is 0.299 e. The second-order valence-electron chi connectivity index (χ2n) is 4.35. The summed E-state index contributed by atoms with van der Waals surface area (Å²) in [5, 5.41) is -0.352. The highest BCUT2D eigenvalue weighted by Gasteiger charge is 2.24. The van der Waals surface area contributed by atoms with Crippen LogP contribution in [0.25, 0.3) is 0 Å². The monoisotopic (exact) mass is 237 g/mol. The summed E-state index contributed by atoms with van der Waals surface area (Å²) in [5.41, 5.74) is 1.73. The third kappa shape index (κ3) is 2.28. The van der Waals surface area contributed by atoms with Crippen LogP contribution >= 0.6 is 11.6 Å². The number of halogens is 1. The lowest BCUT2D eigenvalue weighted by Gasteiger charge is -2.33. The van der Waals surface area contributed by atoms with Crippen LogP contribution in [0.5, 0.6) is 0 Å². The third-order valence-electron chi connectivity index (χ3n) is 3.30. The van der Waals surface area contributed by atoms with Crippen molar-refractivity contribution in [3.8, 4) is 0 Å². The van der Waals surface area contributed by atoms with E-state index in [0.29, 0.717) is 11.6 Å². The summed E-state index contributed by atoms with van der Waals surface area (Å²) in [6.45, 7) is 1.09. The second kappa shape index (κ2) is 4.98. The molecule has 0 amide bonds. The van der Waals surface area contributed by atoms with Gasteiger partial charge in [0.15, 0.2) is 0 Å². The lowest BCUT2D eigenvalue weighted by atomic mass is 9.93. The molecule has 1 saturated heterocycles. The Hall–Kier alpha value is -0.860. The van der Waals surface area contributed by atoms with Crippen LogP contribution in [0.15, 0.2) is 24.3 Å². The van der Waals surface area contributed by atoms with Crippen LogP contribution in [0.4, 0.5) is 0 Å². The molecule has 0 radical (unpaired) electrons. The maximum absolute atomic E-state index is 11.4. The number of hydrogen-bond acceptors (Lipinski definition) is 2. The smallest absolute Gasteiger partial charge is 0.252 e. The normalized spacial score (nSPS) is 22.0. The molecule has 86 valence electrons. The van der Waals surface area contributed by atoms with Crippen LogP contribution in [-0.2, 0) is 0 Å². The molecule has 16 heavy (non-hydrogen) atoms. The van der Waals surface area contributed by atoms with Gasteiger partial charge in [0.2, 0.25) is 0 Å². The van der Waals surface area contributed by atoms with Crippen LogP contribution in [0.1, 0.15) is 41.2 Å². The zero-order valence-corrected chi connectivity index (χ0v) is 10.2. The molecule has 3 heteroatoms. The van der Waals surface area contributed by atoms with E-state index in [1.807, 2.05) is 24.3 Å². The van der Waals surface area contributed by atoms with E-state index in [-0.39, 0.29) is 5.24 Å². The predicted molar refractivity (Wildman–Crippen MR) is 65.8 cm³/mol. The van der Waals surface area contributed by atoms with Crippen molar-refractivity contribution in [3.05, 3.63) is 35.4 Å². The zero-order chi connectivity index (χ0) is 11.5. The molecule has 0 N–H and O–H groups in total. The average molecular weight is 238 g/mol. The molecule has 1 aliphatic rings. The van der Waals surface area contributed by atoms with E-state index in [0.717, 1.165) is 18.5 Å². The van der Waals surface area contributed by atoms with Crippen molar-refractivity contribution in [3.63, 3.8) is 0 Å². The van der Waals surface area contributed by atoms with E-state index in [9.17, 15) is 4.79 Å². The molecule has 2 rings (SSSR count). The fraction of sp³-hybridized carbons (Fsp3) is 0.462. The van der Waals surface area contributed by atoms with E-state index >= 15 is 0 Å². The summed E-state index contributed by atoms with van der Waals surface area (Å²) in [7, 11) is 2.11. The molecule has 1 fully saturated rings. The molecule has 1 aliphatic heterocycles. The van der Waals surface area contributed by atoms with Crippen molar-refractivity contribution in [1.82, 2.24) is 4.90 Å². The first kappa shape index (κ1) is 11.6. The zero-order valence-electron chi connectivity index (χ0n) is 9.45. The fourth-order valence-corrected chi connectivity index (χ4v) is 2.61. The van der Waals surface area contributed by atoms with Crippen LogP contribution in [-0.4, -0.2) is 23.7 Å². The SMILES string of the molecule is CN1CCCCC1c1ccccc1C(=O)Cl. The Morgan fingerprint density at radius 1 is 1.38 bits per heavy atom. The first-order chi connectivity index (χ1) is 7.70. The van der Waals surface area contributed by atoms with Crippen molar-refractivity contribution < 1.29 is 4.79 Å². The molecule has 0 aromatic heterocycles. The van der Waals surface area contributed by atoms with Gasteiger partial charge >= 0.3 is 0 Å².